The molecule has 0 unspecified atom stereocenters. The molecule has 0 atom stereocenters. The normalized spacial score (nSPS) is 16.3. The van der Waals surface area contributed by atoms with Crippen molar-refractivity contribution in [3.05, 3.63) is 77.9 Å². The first kappa shape index (κ1) is 26.6. The zero-order valence-electron chi connectivity index (χ0n) is 20.8. The van der Waals surface area contributed by atoms with Crippen molar-refractivity contribution in [2.45, 2.75) is 46.0 Å². The van der Waals surface area contributed by atoms with Gasteiger partial charge in [-0.05, 0) is 87.0 Å². The zero-order chi connectivity index (χ0) is 24.1. The number of nitrogens with zero attached hydrogens (tertiary/aromatic N) is 2. The Balaban J connectivity index is 2.17. The van der Waals surface area contributed by atoms with Gasteiger partial charge >= 0.3 is 0 Å². The van der Waals surface area contributed by atoms with Crippen LogP contribution < -0.4 is 10.6 Å². The average Bonchev–Trinajstić information content (AvgIpc) is 2.82. The second-order valence-electron chi connectivity index (χ2n) is 8.80. The van der Waals surface area contributed by atoms with Gasteiger partial charge in [-0.2, -0.15) is 0 Å². The van der Waals surface area contributed by atoms with Crippen molar-refractivity contribution < 1.29 is 4.39 Å². The van der Waals surface area contributed by atoms with E-state index in [1.165, 1.54) is 18.6 Å². The van der Waals surface area contributed by atoms with E-state index in [9.17, 15) is 4.39 Å². The van der Waals surface area contributed by atoms with Gasteiger partial charge in [0, 0.05) is 14.1 Å². The first-order chi connectivity index (χ1) is 15.9. The third kappa shape index (κ3) is 9.79. The van der Waals surface area contributed by atoms with Crippen LogP contribution in [0.4, 0.5) is 4.39 Å². The Morgan fingerprint density at radius 3 is 2.52 bits per heavy atom. The second kappa shape index (κ2) is 14.5. The molecule has 33 heavy (non-hydrogen) atoms. The highest BCUT2D eigenvalue weighted by Crippen LogP contribution is 2.21. The highest BCUT2D eigenvalue weighted by atomic mass is 19.1. The SMILES string of the molecule is C=C(/C=C\C(=NC/C=C(\C)c1ccc(F)cc1)N/C(=C/CCCC)N(C)C)C1CCNCC1. The van der Waals surface area contributed by atoms with E-state index in [2.05, 4.69) is 47.3 Å². The quantitative estimate of drug-likeness (QED) is 0.189. The Bertz CT molecular complexity index is 856. The fourth-order valence-electron chi connectivity index (χ4n) is 3.68. The van der Waals surface area contributed by atoms with Crippen LogP contribution in [-0.2, 0) is 0 Å². The van der Waals surface area contributed by atoms with E-state index in [4.69, 9.17) is 4.99 Å². The lowest BCUT2D eigenvalue weighted by Crippen LogP contribution is -2.30. The molecule has 1 aromatic carbocycles. The molecule has 0 saturated carbocycles. The molecule has 5 heteroatoms. The minimum Gasteiger partial charge on any atom is -0.365 e. The number of hydrogen-bond acceptors (Lipinski definition) is 3. The van der Waals surface area contributed by atoms with Crippen LogP contribution in [0.3, 0.4) is 0 Å². The van der Waals surface area contributed by atoms with Crippen LogP contribution in [0.25, 0.3) is 5.57 Å². The lowest BCUT2D eigenvalue weighted by atomic mass is 9.90. The maximum Gasteiger partial charge on any atom is 0.126 e. The summed E-state index contributed by atoms with van der Waals surface area (Å²) in [6.45, 7) is 11.2. The molecule has 180 valence electrons. The smallest absolute Gasteiger partial charge is 0.126 e. The van der Waals surface area contributed by atoms with Gasteiger partial charge in [-0.1, -0.05) is 49.8 Å². The van der Waals surface area contributed by atoms with E-state index in [-0.39, 0.29) is 5.82 Å². The van der Waals surface area contributed by atoms with Crippen LogP contribution >= 0.6 is 0 Å². The fourth-order valence-corrected chi connectivity index (χ4v) is 3.68. The average molecular weight is 453 g/mol. The molecule has 1 aliphatic rings. The van der Waals surface area contributed by atoms with Crippen molar-refractivity contribution in [3.63, 3.8) is 0 Å². The Morgan fingerprint density at radius 2 is 1.88 bits per heavy atom. The molecule has 0 amide bonds. The minimum atomic E-state index is -0.221. The first-order valence-corrected chi connectivity index (χ1v) is 12.1. The van der Waals surface area contributed by atoms with Gasteiger partial charge in [-0.15, -0.1) is 0 Å². The molecule has 1 aliphatic heterocycles. The van der Waals surface area contributed by atoms with E-state index in [0.29, 0.717) is 12.5 Å². The molecular formula is C28H41FN4. The molecule has 1 fully saturated rings. The second-order valence-corrected chi connectivity index (χ2v) is 8.80. The molecule has 2 N–H and O–H groups in total. The number of piperidine rings is 1. The fraction of sp³-hybridized carbons (Fsp3) is 0.464. The van der Waals surface area contributed by atoms with Crippen LogP contribution in [0.2, 0.25) is 0 Å². The summed E-state index contributed by atoms with van der Waals surface area (Å²) in [5.74, 6) is 2.15. The summed E-state index contributed by atoms with van der Waals surface area (Å²) in [5.41, 5.74) is 3.24. The third-order valence-corrected chi connectivity index (χ3v) is 5.91. The van der Waals surface area contributed by atoms with E-state index in [1.807, 2.05) is 27.1 Å². The lowest BCUT2D eigenvalue weighted by molar-refractivity contribution is 0.426. The molecule has 0 spiro atoms. The van der Waals surface area contributed by atoms with Crippen LogP contribution in [-0.4, -0.2) is 44.5 Å². The molecule has 4 nitrogen and oxygen atoms in total. The van der Waals surface area contributed by atoms with Crippen molar-refractivity contribution >= 4 is 11.4 Å². The van der Waals surface area contributed by atoms with Crippen LogP contribution in [0.1, 0.15) is 51.5 Å². The maximum absolute atomic E-state index is 13.2. The molecule has 1 heterocycles. The summed E-state index contributed by atoms with van der Waals surface area (Å²) in [6, 6.07) is 6.58. The summed E-state index contributed by atoms with van der Waals surface area (Å²) in [6.07, 6.45) is 14.1. The lowest BCUT2D eigenvalue weighted by Gasteiger charge is -2.23. The van der Waals surface area contributed by atoms with Crippen molar-refractivity contribution in [1.82, 2.24) is 15.5 Å². The standard InChI is InChI=1S/C28H41FN4/c1-6-7-8-9-28(33(4)5)32-27(15-10-22(2)25-17-19-30-20-18-25)31-21-16-23(3)24-11-13-26(29)14-12-24/h9-16,25,30H,2,6-8,17-21H2,1,3-5H3,(H,31,32)/b15-10-,23-16+,28-9-. The van der Waals surface area contributed by atoms with Gasteiger partial charge in [0.15, 0.2) is 0 Å². The number of hydrogen-bond donors (Lipinski definition) is 2. The Labute approximate surface area is 200 Å². The first-order valence-electron chi connectivity index (χ1n) is 12.1. The Hall–Kier alpha value is -2.66. The highest BCUT2D eigenvalue weighted by Gasteiger charge is 2.14. The summed E-state index contributed by atoms with van der Waals surface area (Å²) in [5, 5.41) is 6.92. The number of unbranched alkanes of at least 4 members (excludes halogenated alkanes) is 2. The van der Waals surface area contributed by atoms with E-state index < -0.39 is 0 Å². The molecular weight excluding hydrogens is 411 g/mol. The molecule has 2 rings (SSSR count). The molecule has 0 aromatic heterocycles. The van der Waals surface area contributed by atoms with Crippen LogP contribution in [0.15, 0.2) is 71.5 Å². The third-order valence-electron chi connectivity index (χ3n) is 5.91. The highest BCUT2D eigenvalue weighted by molar-refractivity contribution is 5.94. The van der Waals surface area contributed by atoms with E-state index >= 15 is 0 Å². The molecule has 0 aliphatic carbocycles. The van der Waals surface area contributed by atoms with Gasteiger partial charge in [0.1, 0.15) is 17.5 Å². The number of rotatable bonds is 11. The van der Waals surface area contributed by atoms with Gasteiger partial charge in [0.2, 0.25) is 0 Å². The number of allylic oxidation sites excluding steroid dienone is 4. The number of benzene rings is 1. The molecule has 1 aromatic rings. The van der Waals surface area contributed by atoms with Gasteiger partial charge in [0.25, 0.3) is 0 Å². The molecule has 0 radical (unpaired) electrons. The topological polar surface area (TPSA) is 39.7 Å². The summed E-state index contributed by atoms with van der Waals surface area (Å²) in [7, 11) is 4.08. The summed E-state index contributed by atoms with van der Waals surface area (Å²) < 4.78 is 13.2. The maximum atomic E-state index is 13.2. The van der Waals surface area contributed by atoms with Crippen molar-refractivity contribution in [2.24, 2.45) is 10.9 Å². The number of nitrogens with one attached hydrogen (secondary N) is 2. The predicted octanol–water partition coefficient (Wildman–Crippen LogP) is 5.92. The Morgan fingerprint density at radius 1 is 1.18 bits per heavy atom. The molecule has 0 bridgehead atoms. The van der Waals surface area contributed by atoms with Crippen molar-refractivity contribution in [1.29, 1.82) is 0 Å². The largest absolute Gasteiger partial charge is 0.365 e. The van der Waals surface area contributed by atoms with Crippen LogP contribution in [0.5, 0.6) is 0 Å². The Kier molecular flexibility index (Phi) is 11.7. The van der Waals surface area contributed by atoms with Gasteiger partial charge in [-0.3, -0.25) is 4.99 Å². The number of amidine groups is 1. The number of aliphatic imine (C=N–C) groups is 1. The predicted molar refractivity (Wildman–Crippen MR) is 141 cm³/mol. The van der Waals surface area contributed by atoms with Gasteiger partial charge in [0.05, 0.1) is 6.54 Å². The summed E-state index contributed by atoms with van der Waals surface area (Å²) >= 11 is 0. The zero-order valence-corrected chi connectivity index (χ0v) is 20.8. The molecule has 1 saturated heterocycles. The van der Waals surface area contributed by atoms with Crippen molar-refractivity contribution in [3.8, 4) is 0 Å². The van der Waals surface area contributed by atoms with E-state index in [0.717, 1.165) is 67.1 Å². The van der Waals surface area contributed by atoms with Gasteiger partial charge < -0.3 is 15.5 Å². The monoisotopic (exact) mass is 452 g/mol. The minimum absolute atomic E-state index is 0.221. The summed E-state index contributed by atoms with van der Waals surface area (Å²) in [4.78, 5) is 6.91. The van der Waals surface area contributed by atoms with Gasteiger partial charge in [-0.25, -0.2) is 4.39 Å². The van der Waals surface area contributed by atoms with E-state index in [1.54, 1.807) is 12.1 Å². The van der Waals surface area contributed by atoms with Crippen LogP contribution in [0, 0.1) is 11.7 Å². The number of halogens is 1. The van der Waals surface area contributed by atoms with Crippen molar-refractivity contribution in [2.75, 3.05) is 33.7 Å².